The first-order valence-corrected chi connectivity index (χ1v) is 15.7. The number of aliphatic hydroxyl groups is 1. The smallest absolute Gasteiger partial charge is 0.220 e. The molecule has 4 rings (SSSR count). The van der Waals surface area contributed by atoms with Crippen LogP contribution >= 0.6 is 0 Å². The fourth-order valence-electron chi connectivity index (χ4n) is 6.01. The van der Waals surface area contributed by atoms with Crippen molar-refractivity contribution >= 4 is 11.8 Å². The molecule has 0 radical (unpaired) electrons. The lowest BCUT2D eigenvalue weighted by molar-refractivity contribution is -0.276. The third-order valence-electron chi connectivity index (χ3n) is 8.59. The molecule has 3 N–H and O–H groups in total. The van der Waals surface area contributed by atoms with Crippen LogP contribution in [-0.4, -0.2) is 67.3 Å². The second kappa shape index (κ2) is 16.9. The molecule has 0 aromatic heterocycles. The van der Waals surface area contributed by atoms with Gasteiger partial charge >= 0.3 is 0 Å². The third kappa shape index (κ3) is 9.84. The number of carbonyl (C=O) groups is 2. The minimum atomic E-state index is -0.520. The molecule has 5 atom stereocenters. The molecule has 2 heterocycles. The number of hydrogen-bond acceptors (Lipinski definition) is 7. The molecule has 9 heteroatoms. The van der Waals surface area contributed by atoms with Gasteiger partial charge < -0.3 is 30.0 Å². The van der Waals surface area contributed by atoms with Gasteiger partial charge in [0, 0.05) is 57.6 Å². The number of ether oxygens (including phenoxy) is 3. The lowest BCUT2D eigenvalue weighted by Gasteiger charge is -2.43. The number of carbonyl (C=O) groups excluding carboxylic acids is 2. The maximum atomic E-state index is 12.3. The van der Waals surface area contributed by atoms with Crippen LogP contribution in [0.1, 0.15) is 87.0 Å². The van der Waals surface area contributed by atoms with Crippen molar-refractivity contribution in [3.63, 3.8) is 0 Å². The Bertz CT molecular complexity index is 1140. The van der Waals surface area contributed by atoms with E-state index in [0.29, 0.717) is 25.6 Å². The number of aliphatic hydroxyl groups excluding tert-OH is 1. The number of nitrogens with zero attached hydrogens (tertiary/aromatic N) is 1. The summed E-state index contributed by atoms with van der Waals surface area (Å²) in [6.45, 7) is 7.42. The van der Waals surface area contributed by atoms with Gasteiger partial charge in [0.25, 0.3) is 0 Å². The van der Waals surface area contributed by atoms with Gasteiger partial charge in [-0.3, -0.25) is 14.5 Å². The number of likely N-dealkylation sites (tertiary alicyclic amines) is 1. The number of unbranched alkanes of at least 4 members (excludes halogenated alkanes) is 2. The Hall–Kier alpha value is -2.82. The Kier molecular flexibility index (Phi) is 13.0. The Balaban J connectivity index is 1.37. The molecule has 0 aliphatic carbocycles. The highest BCUT2D eigenvalue weighted by molar-refractivity contribution is 5.75. The Labute approximate surface area is 256 Å². The highest BCUT2D eigenvalue weighted by Crippen LogP contribution is 2.42. The van der Waals surface area contributed by atoms with Crippen LogP contribution in [0.3, 0.4) is 0 Å². The lowest BCUT2D eigenvalue weighted by atomic mass is 9.90. The maximum Gasteiger partial charge on any atom is 0.220 e. The van der Waals surface area contributed by atoms with E-state index in [2.05, 4.69) is 22.5 Å². The van der Waals surface area contributed by atoms with Crippen molar-refractivity contribution in [3.05, 3.63) is 70.8 Å². The summed E-state index contributed by atoms with van der Waals surface area (Å²) in [4.78, 5) is 25.7. The second-order valence-corrected chi connectivity index (χ2v) is 11.9. The normalized spacial score (nSPS) is 24.1. The van der Waals surface area contributed by atoms with Gasteiger partial charge in [0.2, 0.25) is 11.8 Å². The van der Waals surface area contributed by atoms with Crippen LogP contribution < -0.4 is 10.6 Å². The van der Waals surface area contributed by atoms with Crippen LogP contribution in [0.4, 0.5) is 0 Å². The molecule has 43 heavy (non-hydrogen) atoms. The fourth-order valence-corrected chi connectivity index (χ4v) is 6.01. The fraction of sp³-hybridized carbons (Fsp3) is 0.588. The zero-order valence-corrected chi connectivity index (χ0v) is 25.9. The summed E-state index contributed by atoms with van der Waals surface area (Å²) in [7, 11) is 1.76. The minimum absolute atomic E-state index is 0.0122. The second-order valence-electron chi connectivity index (χ2n) is 11.9. The van der Waals surface area contributed by atoms with Crippen LogP contribution in [-0.2, 0) is 37.0 Å². The quantitative estimate of drug-likeness (QED) is 0.262. The van der Waals surface area contributed by atoms with Crippen LogP contribution in [0.5, 0.6) is 0 Å². The highest BCUT2D eigenvalue weighted by atomic mass is 16.7. The highest BCUT2D eigenvalue weighted by Gasteiger charge is 2.40. The zero-order valence-electron chi connectivity index (χ0n) is 25.9. The van der Waals surface area contributed by atoms with Gasteiger partial charge in [0.05, 0.1) is 25.4 Å². The standard InChI is InChI=1S/C34H49N3O6/c1-24-31(21-37-19-7-8-30(37)23-41-3)42-34(43-33(24)28-14-12-27(22-38)13-15-28)29-16-10-26(11-17-29)20-36-32(40)9-5-4-6-18-35-25(2)39/h10-17,24,30-31,33-34,38H,4-9,18-23H2,1-3H3,(H,35,39)(H,36,40). The van der Waals surface area contributed by atoms with E-state index >= 15 is 0 Å². The van der Waals surface area contributed by atoms with Crippen molar-refractivity contribution in [2.75, 3.05) is 33.4 Å². The van der Waals surface area contributed by atoms with Crippen molar-refractivity contribution in [1.82, 2.24) is 15.5 Å². The summed E-state index contributed by atoms with van der Waals surface area (Å²) >= 11 is 0. The van der Waals surface area contributed by atoms with E-state index in [1.54, 1.807) is 7.11 Å². The monoisotopic (exact) mass is 595 g/mol. The molecule has 2 saturated heterocycles. The molecule has 2 aliphatic heterocycles. The summed E-state index contributed by atoms with van der Waals surface area (Å²) in [5, 5.41) is 15.3. The molecule has 9 nitrogen and oxygen atoms in total. The van der Waals surface area contributed by atoms with Gasteiger partial charge in [-0.2, -0.15) is 0 Å². The molecule has 0 spiro atoms. The number of benzene rings is 2. The van der Waals surface area contributed by atoms with Crippen molar-refractivity contribution < 1.29 is 28.9 Å². The molecule has 2 aromatic rings. The van der Waals surface area contributed by atoms with E-state index < -0.39 is 6.29 Å². The van der Waals surface area contributed by atoms with Gasteiger partial charge in [-0.15, -0.1) is 0 Å². The predicted molar refractivity (Wildman–Crippen MR) is 165 cm³/mol. The summed E-state index contributed by atoms with van der Waals surface area (Å²) in [6.07, 6.45) is 4.65. The first kappa shape index (κ1) is 33.1. The number of hydrogen-bond donors (Lipinski definition) is 3. The summed E-state index contributed by atoms with van der Waals surface area (Å²) in [5.74, 6) is 0.134. The molecule has 236 valence electrons. The average Bonchev–Trinajstić information content (AvgIpc) is 3.45. The van der Waals surface area contributed by atoms with Gasteiger partial charge in [-0.1, -0.05) is 61.9 Å². The van der Waals surface area contributed by atoms with Crippen molar-refractivity contribution in [3.8, 4) is 0 Å². The molecular formula is C34H49N3O6. The van der Waals surface area contributed by atoms with Gasteiger partial charge in [-0.05, 0) is 48.9 Å². The summed E-state index contributed by atoms with van der Waals surface area (Å²) in [5.41, 5.74) is 3.91. The molecule has 2 amide bonds. The van der Waals surface area contributed by atoms with Crippen LogP contribution in [0.2, 0.25) is 0 Å². The minimum Gasteiger partial charge on any atom is -0.392 e. The number of amides is 2. The van der Waals surface area contributed by atoms with Crippen LogP contribution in [0.15, 0.2) is 48.5 Å². The molecule has 0 saturated carbocycles. The Morgan fingerprint density at radius 3 is 2.40 bits per heavy atom. The largest absolute Gasteiger partial charge is 0.392 e. The first-order valence-electron chi connectivity index (χ1n) is 15.7. The van der Waals surface area contributed by atoms with Gasteiger partial charge in [-0.25, -0.2) is 0 Å². The van der Waals surface area contributed by atoms with E-state index in [4.69, 9.17) is 14.2 Å². The molecule has 2 aliphatic rings. The predicted octanol–water partition coefficient (Wildman–Crippen LogP) is 4.39. The van der Waals surface area contributed by atoms with E-state index in [9.17, 15) is 14.7 Å². The van der Waals surface area contributed by atoms with E-state index in [0.717, 1.165) is 74.1 Å². The van der Waals surface area contributed by atoms with E-state index in [-0.39, 0.29) is 36.5 Å². The molecule has 2 fully saturated rings. The van der Waals surface area contributed by atoms with E-state index in [1.807, 2.05) is 48.5 Å². The van der Waals surface area contributed by atoms with Crippen molar-refractivity contribution in [2.24, 2.45) is 5.92 Å². The summed E-state index contributed by atoms with van der Waals surface area (Å²) in [6, 6.07) is 16.5. The van der Waals surface area contributed by atoms with Crippen molar-refractivity contribution in [2.45, 2.75) is 90.1 Å². The van der Waals surface area contributed by atoms with E-state index in [1.165, 1.54) is 6.92 Å². The average molecular weight is 596 g/mol. The first-order chi connectivity index (χ1) is 20.9. The topological polar surface area (TPSA) is 109 Å². The Morgan fingerprint density at radius 2 is 1.70 bits per heavy atom. The Morgan fingerprint density at radius 1 is 0.977 bits per heavy atom. The molecule has 5 unspecified atom stereocenters. The number of methoxy groups -OCH3 is 1. The zero-order chi connectivity index (χ0) is 30.6. The van der Waals surface area contributed by atoms with Gasteiger partial charge in [0.1, 0.15) is 0 Å². The van der Waals surface area contributed by atoms with Crippen LogP contribution in [0, 0.1) is 5.92 Å². The van der Waals surface area contributed by atoms with Crippen LogP contribution in [0.25, 0.3) is 0 Å². The number of rotatable bonds is 15. The third-order valence-corrected chi connectivity index (χ3v) is 8.59. The SMILES string of the molecule is COCC1CCCN1CC1OC(c2ccc(CNC(=O)CCCCCNC(C)=O)cc2)OC(c2ccc(CO)cc2)C1C. The lowest BCUT2D eigenvalue weighted by Crippen LogP contribution is -2.46. The summed E-state index contributed by atoms with van der Waals surface area (Å²) < 4.78 is 18.8. The maximum absolute atomic E-state index is 12.3. The molecular weight excluding hydrogens is 546 g/mol. The molecule has 2 aromatic carbocycles. The van der Waals surface area contributed by atoms with Gasteiger partial charge in [0.15, 0.2) is 6.29 Å². The van der Waals surface area contributed by atoms with Crippen molar-refractivity contribution in [1.29, 1.82) is 0 Å². The molecule has 0 bridgehead atoms. The number of nitrogens with one attached hydrogen (secondary N) is 2.